The van der Waals surface area contributed by atoms with Crippen molar-refractivity contribution in [3.8, 4) is 0 Å². The molecule has 0 fully saturated rings. The molecule has 0 bridgehead atoms. The minimum Gasteiger partial charge on any atom is -0.465 e. The highest BCUT2D eigenvalue weighted by atomic mass is 16.3. The van der Waals surface area contributed by atoms with Gasteiger partial charge in [-0.1, -0.05) is 25.1 Å². The van der Waals surface area contributed by atoms with Crippen molar-refractivity contribution in [3.63, 3.8) is 0 Å². The highest BCUT2D eigenvalue weighted by Gasteiger charge is 2.18. The number of aryl methyl sites for hydroxylation is 3. The Morgan fingerprint density at radius 3 is 2.62 bits per heavy atom. The second-order valence-corrected chi connectivity index (χ2v) is 5.04. The lowest BCUT2D eigenvalue weighted by molar-refractivity contribution is 0.102. The van der Waals surface area contributed by atoms with Gasteiger partial charge in [-0.15, -0.1) is 0 Å². The molecule has 2 rings (SSSR count). The van der Waals surface area contributed by atoms with Crippen LogP contribution in [0.1, 0.15) is 40.8 Å². The van der Waals surface area contributed by atoms with Crippen LogP contribution in [0.4, 0.5) is 5.69 Å². The third-order valence-electron chi connectivity index (χ3n) is 3.24. The second kappa shape index (κ2) is 6.39. The maximum Gasteiger partial charge on any atom is 0.263 e. The Bertz CT molecular complexity index is 716. The lowest BCUT2D eigenvalue weighted by Crippen LogP contribution is -2.24. The van der Waals surface area contributed by atoms with E-state index in [4.69, 9.17) is 4.42 Å². The van der Waals surface area contributed by atoms with Gasteiger partial charge < -0.3 is 9.73 Å². The summed E-state index contributed by atoms with van der Waals surface area (Å²) in [5, 5.41) is 2.79. The molecular formula is C17H19NO3. The summed E-state index contributed by atoms with van der Waals surface area (Å²) < 4.78 is 5.56. The average Bonchev–Trinajstić information content (AvgIpc) is 2.41. The number of anilines is 1. The first-order valence-corrected chi connectivity index (χ1v) is 7.03. The van der Waals surface area contributed by atoms with Gasteiger partial charge in [0.1, 0.15) is 17.1 Å². The standard InChI is InChI=1S/C17H19NO3/c1-4-7-15-16(14(19)10-12(3)21-15)17(20)18-13-9-6-5-8-11(13)2/h5-6,8-10H,4,7H2,1-3H3,(H,18,20). The third kappa shape index (κ3) is 3.40. The highest BCUT2D eigenvalue weighted by molar-refractivity contribution is 6.05. The van der Waals surface area contributed by atoms with Crippen LogP contribution in [0.5, 0.6) is 0 Å². The van der Waals surface area contributed by atoms with E-state index < -0.39 is 5.91 Å². The lowest BCUT2D eigenvalue weighted by atomic mass is 10.1. The largest absolute Gasteiger partial charge is 0.465 e. The fourth-order valence-electron chi connectivity index (χ4n) is 2.21. The number of carbonyl (C=O) groups excluding carboxylic acids is 1. The van der Waals surface area contributed by atoms with Crippen molar-refractivity contribution in [1.82, 2.24) is 0 Å². The Hall–Kier alpha value is -2.36. The molecule has 1 amide bonds. The molecule has 0 aliphatic carbocycles. The zero-order valence-corrected chi connectivity index (χ0v) is 12.5. The number of amides is 1. The molecule has 4 nitrogen and oxygen atoms in total. The number of benzene rings is 1. The topological polar surface area (TPSA) is 59.3 Å². The highest BCUT2D eigenvalue weighted by Crippen LogP contribution is 2.16. The third-order valence-corrected chi connectivity index (χ3v) is 3.24. The van der Waals surface area contributed by atoms with Crippen molar-refractivity contribution in [1.29, 1.82) is 0 Å². The first-order valence-electron chi connectivity index (χ1n) is 7.03. The van der Waals surface area contributed by atoms with E-state index in [9.17, 15) is 9.59 Å². The lowest BCUT2D eigenvalue weighted by Gasteiger charge is -2.10. The van der Waals surface area contributed by atoms with Gasteiger partial charge in [-0.3, -0.25) is 9.59 Å². The van der Waals surface area contributed by atoms with Gasteiger partial charge in [0, 0.05) is 18.2 Å². The Kier molecular flexibility index (Phi) is 4.58. The van der Waals surface area contributed by atoms with Crippen LogP contribution in [-0.4, -0.2) is 5.91 Å². The van der Waals surface area contributed by atoms with Crippen molar-refractivity contribution in [2.24, 2.45) is 0 Å². The Morgan fingerprint density at radius 2 is 1.95 bits per heavy atom. The SMILES string of the molecule is CCCc1oc(C)cc(=O)c1C(=O)Nc1ccccc1C. The summed E-state index contributed by atoms with van der Waals surface area (Å²) in [6.07, 6.45) is 1.37. The van der Waals surface area contributed by atoms with E-state index in [2.05, 4.69) is 5.32 Å². The summed E-state index contributed by atoms with van der Waals surface area (Å²) in [5.41, 5.74) is 1.45. The maximum absolute atomic E-state index is 12.4. The molecule has 1 N–H and O–H groups in total. The number of carbonyl (C=O) groups is 1. The van der Waals surface area contributed by atoms with Gasteiger partial charge in [0.05, 0.1) is 0 Å². The molecule has 2 aromatic rings. The first kappa shape index (κ1) is 15.0. The molecular weight excluding hydrogens is 266 g/mol. The van der Waals surface area contributed by atoms with Gasteiger partial charge in [-0.2, -0.15) is 0 Å². The molecule has 0 radical (unpaired) electrons. The molecule has 0 saturated carbocycles. The minimum absolute atomic E-state index is 0.103. The van der Waals surface area contributed by atoms with E-state index >= 15 is 0 Å². The molecule has 21 heavy (non-hydrogen) atoms. The van der Waals surface area contributed by atoms with Crippen LogP contribution in [0.25, 0.3) is 0 Å². The molecule has 1 aromatic carbocycles. The molecule has 0 aliphatic rings. The van der Waals surface area contributed by atoms with E-state index in [1.807, 2.05) is 38.1 Å². The van der Waals surface area contributed by atoms with E-state index in [-0.39, 0.29) is 11.0 Å². The summed E-state index contributed by atoms with van der Waals surface area (Å²) in [7, 11) is 0. The number of para-hydroxylation sites is 1. The van der Waals surface area contributed by atoms with Gasteiger partial charge >= 0.3 is 0 Å². The van der Waals surface area contributed by atoms with Gasteiger partial charge in [-0.25, -0.2) is 0 Å². The fraction of sp³-hybridized carbons (Fsp3) is 0.294. The monoisotopic (exact) mass is 285 g/mol. The van der Waals surface area contributed by atoms with Gasteiger partial charge in [0.25, 0.3) is 5.91 Å². The van der Waals surface area contributed by atoms with E-state index in [0.29, 0.717) is 23.6 Å². The van der Waals surface area contributed by atoms with Crippen LogP contribution in [-0.2, 0) is 6.42 Å². The molecule has 0 spiro atoms. The number of rotatable bonds is 4. The molecule has 0 atom stereocenters. The van der Waals surface area contributed by atoms with Crippen molar-refractivity contribution in [2.45, 2.75) is 33.6 Å². The summed E-state index contributed by atoms with van der Waals surface area (Å²) in [6, 6.07) is 8.80. The summed E-state index contributed by atoms with van der Waals surface area (Å²) in [6.45, 7) is 5.59. The average molecular weight is 285 g/mol. The summed E-state index contributed by atoms with van der Waals surface area (Å²) in [4.78, 5) is 24.6. The molecule has 4 heteroatoms. The molecule has 0 aliphatic heterocycles. The Labute approximate surface area is 123 Å². The smallest absolute Gasteiger partial charge is 0.263 e. The molecule has 0 unspecified atom stereocenters. The van der Waals surface area contributed by atoms with Gasteiger partial charge in [-0.05, 0) is 31.9 Å². The number of hydrogen-bond acceptors (Lipinski definition) is 3. The first-order chi connectivity index (χ1) is 10.0. The normalized spacial score (nSPS) is 10.4. The van der Waals surface area contributed by atoms with Crippen molar-refractivity contribution in [2.75, 3.05) is 5.32 Å². The van der Waals surface area contributed by atoms with Gasteiger partial charge in [0.15, 0.2) is 5.43 Å². The van der Waals surface area contributed by atoms with Crippen molar-refractivity contribution >= 4 is 11.6 Å². The zero-order valence-electron chi connectivity index (χ0n) is 12.5. The predicted molar refractivity (Wildman–Crippen MR) is 82.8 cm³/mol. The summed E-state index contributed by atoms with van der Waals surface area (Å²) >= 11 is 0. The Balaban J connectivity index is 2.39. The number of hydrogen-bond donors (Lipinski definition) is 1. The van der Waals surface area contributed by atoms with E-state index in [1.54, 1.807) is 6.92 Å². The zero-order chi connectivity index (χ0) is 15.4. The van der Waals surface area contributed by atoms with Crippen molar-refractivity contribution in [3.05, 3.63) is 63.2 Å². The minimum atomic E-state index is -0.415. The number of nitrogens with one attached hydrogen (secondary N) is 1. The fourth-order valence-corrected chi connectivity index (χ4v) is 2.21. The van der Waals surface area contributed by atoms with Crippen LogP contribution in [0, 0.1) is 13.8 Å². The van der Waals surface area contributed by atoms with E-state index in [1.165, 1.54) is 6.07 Å². The van der Waals surface area contributed by atoms with Gasteiger partial charge in [0.2, 0.25) is 0 Å². The second-order valence-electron chi connectivity index (χ2n) is 5.04. The molecule has 1 heterocycles. The summed E-state index contributed by atoms with van der Waals surface area (Å²) in [5.74, 6) is 0.561. The van der Waals surface area contributed by atoms with Crippen LogP contribution in [0.15, 0.2) is 39.5 Å². The van der Waals surface area contributed by atoms with Crippen molar-refractivity contribution < 1.29 is 9.21 Å². The van der Waals surface area contributed by atoms with Crippen LogP contribution < -0.4 is 10.7 Å². The molecule has 1 aromatic heterocycles. The van der Waals surface area contributed by atoms with Crippen LogP contribution >= 0.6 is 0 Å². The maximum atomic E-state index is 12.4. The van der Waals surface area contributed by atoms with E-state index in [0.717, 1.165) is 12.0 Å². The van der Waals surface area contributed by atoms with Crippen LogP contribution in [0.2, 0.25) is 0 Å². The quantitative estimate of drug-likeness (QED) is 0.935. The molecule has 110 valence electrons. The Morgan fingerprint density at radius 1 is 1.24 bits per heavy atom. The molecule has 0 saturated heterocycles. The predicted octanol–water partition coefficient (Wildman–Crippen LogP) is 3.46. The van der Waals surface area contributed by atoms with Crippen LogP contribution in [0.3, 0.4) is 0 Å².